The Kier molecular flexibility index (Phi) is 6.83. The van der Waals surface area contributed by atoms with Crippen LogP contribution in [0.15, 0.2) is 66.7 Å². The summed E-state index contributed by atoms with van der Waals surface area (Å²) in [4.78, 5) is 19.4. The molecule has 0 saturated heterocycles. The molecular formula is C26H25Cl2N3O. The predicted octanol–water partition coefficient (Wildman–Crippen LogP) is 6.29. The van der Waals surface area contributed by atoms with Gasteiger partial charge >= 0.3 is 0 Å². The van der Waals surface area contributed by atoms with Gasteiger partial charge in [-0.25, -0.2) is 4.98 Å². The predicted molar refractivity (Wildman–Crippen MR) is 131 cm³/mol. The van der Waals surface area contributed by atoms with Crippen LogP contribution in [-0.2, 0) is 24.3 Å². The van der Waals surface area contributed by atoms with Crippen LogP contribution in [-0.4, -0.2) is 27.4 Å². The van der Waals surface area contributed by atoms with Crippen LogP contribution in [0.1, 0.15) is 28.9 Å². The topological polar surface area (TPSA) is 38.1 Å². The summed E-state index contributed by atoms with van der Waals surface area (Å²) in [6.45, 7) is 3.18. The number of imidazole rings is 1. The van der Waals surface area contributed by atoms with Gasteiger partial charge in [0, 0.05) is 33.0 Å². The lowest BCUT2D eigenvalue weighted by Crippen LogP contribution is -2.27. The van der Waals surface area contributed by atoms with E-state index in [4.69, 9.17) is 28.2 Å². The molecule has 0 saturated carbocycles. The fourth-order valence-electron chi connectivity index (χ4n) is 3.79. The molecule has 0 N–H and O–H groups in total. The SMILES string of the molecule is Cc1ccc(Cc2nc3cc(Cl)c(Cl)cc3n2CCC(=O)N(C)Cc2ccccc2)cc1. The average molecular weight is 466 g/mol. The Hall–Kier alpha value is -2.82. The number of carbonyl (C=O) groups is 1. The molecule has 0 atom stereocenters. The summed E-state index contributed by atoms with van der Waals surface area (Å²) in [6, 6.07) is 22.0. The highest BCUT2D eigenvalue weighted by molar-refractivity contribution is 6.42. The Morgan fingerprint density at radius 1 is 0.969 bits per heavy atom. The molecule has 1 aromatic heterocycles. The van der Waals surface area contributed by atoms with Gasteiger partial charge in [0.05, 0.1) is 21.1 Å². The minimum absolute atomic E-state index is 0.0806. The molecule has 0 fully saturated rings. The molecule has 164 valence electrons. The Morgan fingerprint density at radius 3 is 2.38 bits per heavy atom. The van der Waals surface area contributed by atoms with E-state index in [9.17, 15) is 4.79 Å². The van der Waals surface area contributed by atoms with Gasteiger partial charge in [-0.1, -0.05) is 83.4 Å². The highest BCUT2D eigenvalue weighted by Crippen LogP contribution is 2.29. The number of aryl methyl sites for hydroxylation is 2. The van der Waals surface area contributed by atoms with Gasteiger partial charge < -0.3 is 9.47 Å². The number of rotatable bonds is 7. The molecule has 0 aliphatic rings. The molecule has 0 radical (unpaired) electrons. The molecule has 32 heavy (non-hydrogen) atoms. The van der Waals surface area contributed by atoms with Gasteiger partial charge in [-0.15, -0.1) is 0 Å². The van der Waals surface area contributed by atoms with Crippen LogP contribution in [0.3, 0.4) is 0 Å². The molecule has 1 heterocycles. The number of nitrogens with zero attached hydrogens (tertiary/aromatic N) is 3. The summed E-state index contributed by atoms with van der Waals surface area (Å²) in [5.74, 6) is 0.970. The van der Waals surface area contributed by atoms with Crippen molar-refractivity contribution in [2.24, 2.45) is 0 Å². The van der Waals surface area contributed by atoms with E-state index in [0.29, 0.717) is 36.0 Å². The number of carbonyl (C=O) groups excluding carboxylic acids is 1. The number of benzene rings is 3. The molecule has 4 nitrogen and oxygen atoms in total. The van der Waals surface area contributed by atoms with Crippen LogP contribution in [0, 0.1) is 6.92 Å². The van der Waals surface area contributed by atoms with Gasteiger partial charge in [0.1, 0.15) is 5.82 Å². The average Bonchev–Trinajstić information content (AvgIpc) is 3.10. The van der Waals surface area contributed by atoms with Crippen molar-refractivity contribution in [2.45, 2.75) is 32.9 Å². The lowest BCUT2D eigenvalue weighted by molar-refractivity contribution is -0.130. The minimum atomic E-state index is 0.0806. The number of fused-ring (bicyclic) bond motifs is 1. The minimum Gasteiger partial charge on any atom is -0.341 e. The Morgan fingerprint density at radius 2 is 1.66 bits per heavy atom. The second-order valence-electron chi connectivity index (χ2n) is 8.08. The first-order chi connectivity index (χ1) is 15.4. The summed E-state index contributed by atoms with van der Waals surface area (Å²) in [6.07, 6.45) is 1.04. The van der Waals surface area contributed by atoms with E-state index >= 15 is 0 Å². The molecule has 1 amide bonds. The maximum Gasteiger partial charge on any atom is 0.224 e. The van der Waals surface area contributed by atoms with Crippen LogP contribution >= 0.6 is 23.2 Å². The Balaban J connectivity index is 1.57. The normalized spacial score (nSPS) is 11.1. The number of halogens is 2. The van der Waals surface area contributed by atoms with Crippen molar-refractivity contribution in [3.8, 4) is 0 Å². The zero-order valence-electron chi connectivity index (χ0n) is 18.2. The summed E-state index contributed by atoms with van der Waals surface area (Å²) >= 11 is 12.5. The van der Waals surface area contributed by atoms with E-state index in [1.54, 1.807) is 11.0 Å². The number of hydrogen-bond acceptors (Lipinski definition) is 2. The Bertz CT molecular complexity index is 1230. The summed E-state index contributed by atoms with van der Waals surface area (Å²) in [5, 5.41) is 0.957. The molecule has 4 rings (SSSR count). The summed E-state index contributed by atoms with van der Waals surface area (Å²) in [7, 11) is 1.84. The second-order valence-corrected chi connectivity index (χ2v) is 8.90. The molecule has 0 bridgehead atoms. The third-order valence-corrected chi connectivity index (χ3v) is 6.31. The molecular weight excluding hydrogens is 441 g/mol. The quantitative estimate of drug-likeness (QED) is 0.321. The van der Waals surface area contributed by atoms with Crippen molar-refractivity contribution in [1.29, 1.82) is 0 Å². The van der Waals surface area contributed by atoms with Crippen molar-refractivity contribution in [3.63, 3.8) is 0 Å². The summed E-state index contributed by atoms with van der Waals surface area (Å²) < 4.78 is 2.09. The standard InChI is InChI=1S/C26H25Cl2N3O/c1-18-8-10-19(11-9-18)14-25-29-23-15-21(27)22(28)16-24(23)31(25)13-12-26(32)30(2)17-20-6-4-3-5-7-20/h3-11,15-16H,12-14,17H2,1-2H3. The van der Waals surface area contributed by atoms with E-state index in [1.807, 2.05) is 43.4 Å². The lowest BCUT2D eigenvalue weighted by atomic mass is 10.1. The van der Waals surface area contributed by atoms with Crippen molar-refractivity contribution >= 4 is 40.1 Å². The van der Waals surface area contributed by atoms with Crippen molar-refractivity contribution in [1.82, 2.24) is 14.5 Å². The highest BCUT2D eigenvalue weighted by Gasteiger charge is 2.16. The molecule has 3 aromatic carbocycles. The number of hydrogen-bond donors (Lipinski definition) is 0. The van der Waals surface area contributed by atoms with Crippen LogP contribution in [0.4, 0.5) is 0 Å². The molecule has 0 aliphatic heterocycles. The van der Waals surface area contributed by atoms with Gasteiger partial charge in [-0.2, -0.15) is 0 Å². The van der Waals surface area contributed by atoms with Gasteiger partial charge in [0.25, 0.3) is 0 Å². The van der Waals surface area contributed by atoms with Crippen LogP contribution in [0.5, 0.6) is 0 Å². The Labute approximate surface area is 198 Å². The third kappa shape index (κ3) is 5.14. The van der Waals surface area contributed by atoms with E-state index in [-0.39, 0.29) is 5.91 Å². The zero-order chi connectivity index (χ0) is 22.7. The zero-order valence-corrected chi connectivity index (χ0v) is 19.7. The van der Waals surface area contributed by atoms with Gasteiger partial charge in [0.15, 0.2) is 0 Å². The first kappa shape index (κ1) is 22.4. The fourth-order valence-corrected chi connectivity index (χ4v) is 4.10. The first-order valence-electron chi connectivity index (χ1n) is 10.6. The van der Waals surface area contributed by atoms with Crippen LogP contribution in [0.25, 0.3) is 11.0 Å². The highest BCUT2D eigenvalue weighted by atomic mass is 35.5. The van der Waals surface area contributed by atoms with E-state index in [1.165, 1.54) is 5.56 Å². The smallest absolute Gasteiger partial charge is 0.224 e. The maximum absolute atomic E-state index is 12.9. The van der Waals surface area contributed by atoms with Gasteiger partial charge in [0.2, 0.25) is 5.91 Å². The number of amides is 1. The first-order valence-corrected chi connectivity index (χ1v) is 11.3. The van der Waals surface area contributed by atoms with E-state index < -0.39 is 0 Å². The summed E-state index contributed by atoms with van der Waals surface area (Å²) in [5.41, 5.74) is 5.16. The van der Waals surface area contributed by atoms with Crippen molar-refractivity contribution in [2.75, 3.05) is 7.05 Å². The van der Waals surface area contributed by atoms with E-state index in [0.717, 1.165) is 28.0 Å². The molecule has 6 heteroatoms. The van der Waals surface area contributed by atoms with Crippen molar-refractivity contribution < 1.29 is 4.79 Å². The molecule has 4 aromatic rings. The lowest BCUT2D eigenvalue weighted by Gasteiger charge is -2.18. The van der Waals surface area contributed by atoms with Gasteiger partial charge in [-0.05, 0) is 30.2 Å². The van der Waals surface area contributed by atoms with Crippen molar-refractivity contribution in [3.05, 3.63) is 99.3 Å². The van der Waals surface area contributed by atoms with Crippen LogP contribution < -0.4 is 0 Å². The number of aromatic nitrogens is 2. The van der Waals surface area contributed by atoms with E-state index in [2.05, 4.69) is 35.8 Å². The van der Waals surface area contributed by atoms with Gasteiger partial charge in [-0.3, -0.25) is 4.79 Å². The largest absolute Gasteiger partial charge is 0.341 e. The molecule has 0 aliphatic carbocycles. The maximum atomic E-state index is 12.9. The monoisotopic (exact) mass is 465 g/mol. The third-order valence-electron chi connectivity index (χ3n) is 5.59. The molecule has 0 spiro atoms. The second kappa shape index (κ2) is 9.76. The van der Waals surface area contributed by atoms with Crippen LogP contribution in [0.2, 0.25) is 10.0 Å². The fraction of sp³-hybridized carbons (Fsp3) is 0.231. The molecule has 0 unspecified atom stereocenters.